The van der Waals surface area contributed by atoms with Crippen molar-refractivity contribution in [3.63, 3.8) is 0 Å². The molecule has 1 aromatic rings. The summed E-state index contributed by atoms with van der Waals surface area (Å²) in [5, 5.41) is 9.07. The van der Waals surface area contributed by atoms with Crippen LogP contribution in [-0.4, -0.2) is 29.8 Å². The van der Waals surface area contributed by atoms with Crippen molar-refractivity contribution in [1.29, 1.82) is 0 Å². The van der Waals surface area contributed by atoms with Gasteiger partial charge in [-0.1, -0.05) is 13.3 Å². The monoisotopic (exact) mass is 223 g/mol. The van der Waals surface area contributed by atoms with Crippen LogP contribution in [-0.2, 0) is 6.54 Å². The molecule has 0 unspecified atom stereocenters. The van der Waals surface area contributed by atoms with E-state index in [2.05, 4.69) is 16.8 Å². The first-order valence-electron chi connectivity index (χ1n) is 5.82. The van der Waals surface area contributed by atoms with Gasteiger partial charge in [0, 0.05) is 25.8 Å². The number of hydrogen-bond acceptors (Lipinski definition) is 4. The summed E-state index contributed by atoms with van der Waals surface area (Å²) in [4.78, 5) is 6.28. The van der Waals surface area contributed by atoms with E-state index >= 15 is 0 Å². The van der Waals surface area contributed by atoms with Crippen molar-refractivity contribution in [2.75, 3.05) is 24.6 Å². The highest BCUT2D eigenvalue weighted by Crippen LogP contribution is 2.18. The number of unbranched alkanes of at least 4 members (excludes halogenated alkanes) is 1. The van der Waals surface area contributed by atoms with Gasteiger partial charge in [0.1, 0.15) is 0 Å². The molecule has 0 saturated heterocycles. The predicted molar refractivity (Wildman–Crippen MR) is 66.3 cm³/mol. The topological polar surface area (TPSA) is 62.4 Å². The first-order chi connectivity index (χ1) is 7.83. The van der Waals surface area contributed by atoms with E-state index < -0.39 is 0 Å². The molecule has 0 fully saturated rings. The number of aliphatic hydroxyl groups excluding tert-OH is 1. The molecule has 1 aromatic heterocycles. The lowest BCUT2D eigenvalue weighted by Crippen LogP contribution is -2.29. The van der Waals surface area contributed by atoms with E-state index in [1.807, 2.05) is 12.3 Å². The second-order valence-corrected chi connectivity index (χ2v) is 3.77. The molecule has 90 valence electrons. The molecule has 0 bridgehead atoms. The summed E-state index contributed by atoms with van der Waals surface area (Å²) in [5.41, 5.74) is 7.83. The van der Waals surface area contributed by atoms with E-state index in [0.717, 1.165) is 30.6 Å². The summed E-state index contributed by atoms with van der Waals surface area (Å²) >= 11 is 0. The van der Waals surface area contributed by atoms with E-state index in [1.165, 1.54) is 0 Å². The van der Waals surface area contributed by atoms with Crippen LogP contribution in [0, 0.1) is 0 Å². The Labute approximate surface area is 97.1 Å². The van der Waals surface area contributed by atoms with Crippen LogP contribution in [0.15, 0.2) is 18.5 Å². The van der Waals surface area contributed by atoms with E-state index in [4.69, 9.17) is 10.8 Å². The maximum atomic E-state index is 9.07. The van der Waals surface area contributed by atoms with Crippen molar-refractivity contribution in [2.24, 2.45) is 5.73 Å². The Morgan fingerprint density at radius 2 is 2.25 bits per heavy atom. The minimum Gasteiger partial charge on any atom is -0.395 e. The lowest BCUT2D eigenvalue weighted by atomic mass is 10.2. The number of anilines is 1. The summed E-state index contributed by atoms with van der Waals surface area (Å²) in [6.07, 6.45) is 5.83. The van der Waals surface area contributed by atoms with E-state index in [1.54, 1.807) is 6.20 Å². The molecule has 0 aliphatic carbocycles. The van der Waals surface area contributed by atoms with Crippen molar-refractivity contribution >= 4 is 5.69 Å². The van der Waals surface area contributed by atoms with Gasteiger partial charge in [-0.2, -0.15) is 0 Å². The lowest BCUT2D eigenvalue weighted by Gasteiger charge is -2.25. The molecule has 0 aliphatic heterocycles. The molecule has 0 amide bonds. The minimum absolute atomic E-state index is 0.155. The summed E-state index contributed by atoms with van der Waals surface area (Å²) in [7, 11) is 0. The smallest absolute Gasteiger partial charge is 0.0606 e. The van der Waals surface area contributed by atoms with Crippen LogP contribution < -0.4 is 10.6 Å². The number of rotatable bonds is 7. The van der Waals surface area contributed by atoms with Gasteiger partial charge < -0.3 is 15.7 Å². The first-order valence-corrected chi connectivity index (χ1v) is 5.82. The second kappa shape index (κ2) is 7.19. The van der Waals surface area contributed by atoms with Crippen LogP contribution in [0.25, 0.3) is 0 Å². The first kappa shape index (κ1) is 12.9. The fourth-order valence-electron chi connectivity index (χ4n) is 1.69. The molecule has 4 nitrogen and oxygen atoms in total. The van der Waals surface area contributed by atoms with Crippen LogP contribution in [0.4, 0.5) is 5.69 Å². The summed E-state index contributed by atoms with van der Waals surface area (Å²) in [5.74, 6) is 0. The fraction of sp³-hybridized carbons (Fsp3) is 0.583. The van der Waals surface area contributed by atoms with E-state index in [0.29, 0.717) is 13.1 Å². The Morgan fingerprint density at radius 3 is 2.88 bits per heavy atom. The number of aliphatic hydroxyl groups is 1. The highest BCUT2D eigenvalue weighted by Gasteiger charge is 2.09. The molecule has 1 rings (SSSR count). The summed E-state index contributed by atoms with van der Waals surface area (Å²) < 4.78 is 0. The third kappa shape index (κ3) is 3.47. The number of hydrogen-bond donors (Lipinski definition) is 2. The van der Waals surface area contributed by atoms with E-state index in [-0.39, 0.29) is 6.61 Å². The molecule has 3 N–H and O–H groups in total. The van der Waals surface area contributed by atoms with Gasteiger partial charge in [0.05, 0.1) is 18.5 Å². The quantitative estimate of drug-likeness (QED) is 0.727. The van der Waals surface area contributed by atoms with Crippen molar-refractivity contribution in [2.45, 2.75) is 26.3 Å². The third-order valence-corrected chi connectivity index (χ3v) is 2.60. The molecule has 16 heavy (non-hydrogen) atoms. The third-order valence-electron chi connectivity index (χ3n) is 2.60. The Morgan fingerprint density at radius 1 is 1.44 bits per heavy atom. The Balaban J connectivity index is 2.81. The maximum absolute atomic E-state index is 9.07. The van der Waals surface area contributed by atoms with Crippen LogP contribution in [0.3, 0.4) is 0 Å². The Hall–Kier alpha value is -1.13. The molecular formula is C12H21N3O. The zero-order valence-electron chi connectivity index (χ0n) is 9.89. The standard InChI is InChI=1S/C12H21N3O/c1-2-3-6-15(7-8-16)12-10-14-5-4-11(12)9-13/h4-5,10,16H,2-3,6-9,13H2,1H3. The van der Waals surface area contributed by atoms with Gasteiger partial charge in [0.25, 0.3) is 0 Å². The second-order valence-electron chi connectivity index (χ2n) is 3.77. The Bertz CT molecular complexity index is 304. The zero-order valence-corrected chi connectivity index (χ0v) is 9.89. The summed E-state index contributed by atoms with van der Waals surface area (Å²) in [6, 6.07) is 1.94. The minimum atomic E-state index is 0.155. The molecule has 1 heterocycles. The van der Waals surface area contributed by atoms with Crippen molar-refractivity contribution in [3.05, 3.63) is 24.0 Å². The average molecular weight is 223 g/mol. The molecule has 0 spiro atoms. The van der Waals surface area contributed by atoms with E-state index in [9.17, 15) is 0 Å². The van der Waals surface area contributed by atoms with Crippen molar-refractivity contribution < 1.29 is 5.11 Å². The normalized spacial score (nSPS) is 10.4. The van der Waals surface area contributed by atoms with Crippen molar-refractivity contribution in [3.8, 4) is 0 Å². The van der Waals surface area contributed by atoms with Gasteiger partial charge in [0.2, 0.25) is 0 Å². The molecular weight excluding hydrogens is 202 g/mol. The highest BCUT2D eigenvalue weighted by atomic mass is 16.3. The molecule has 0 saturated carbocycles. The van der Waals surface area contributed by atoms with Crippen LogP contribution >= 0.6 is 0 Å². The van der Waals surface area contributed by atoms with Gasteiger partial charge in [-0.15, -0.1) is 0 Å². The highest BCUT2D eigenvalue weighted by molar-refractivity contribution is 5.51. The lowest BCUT2D eigenvalue weighted by molar-refractivity contribution is 0.301. The van der Waals surface area contributed by atoms with Crippen LogP contribution in [0.2, 0.25) is 0 Å². The number of nitrogens with zero attached hydrogens (tertiary/aromatic N) is 2. The number of pyridine rings is 1. The molecule has 0 aromatic carbocycles. The van der Waals surface area contributed by atoms with Gasteiger partial charge in [-0.05, 0) is 18.1 Å². The maximum Gasteiger partial charge on any atom is 0.0606 e. The Kier molecular flexibility index (Phi) is 5.82. The average Bonchev–Trinajstić information content (AvgIpc) is 2.34. The number of aromatic nitrogens is 1. The van der Waals surface area contributed by atoms with Gasteiger partial charge in [-0.3, -0.25) is 4.98 Å². The fourth-order valence-corrected chi connectivity index (χ4v) is 1.69. The predicted octanol–water partition coefficient (Wildman–Crippen LogP) is 1.14. The van der Waals surface area contributed by atoms with Gasteiger partial charge in [-0.25, -0.2) is 0 Å². The van der Waals surface area contributed by atoms with Crippen LogP contribution in [0.1, 0.15) is 25.3 Å². The zero-order chi connectivity index (χ0) is 11.8. The SMILES string of the molecule is CCCCN(CCO)c1cnccc1CN. The molecule has 0 atom stereocenters. The van der Waals surface area contributed by atoms with Gasteiger partial charge in [0.15, 0.2) is 0 Å². The summed E-state index contributed by atoms with van der Waals surface area (Å²) in [6.45, 7) is 4.40. The largest absolute Gasteiger partial charge is 0.395 e. The van der Waals surface area contributed by atoms with Crippen molar-refractivity contribution in [1.82, 2.24) is 4.98 Å². The molecule has 0 aliphatic rings. The molecule has 0 radical (unpaired) electrons. The van der Waals surface area contributed by atoms with Crippen LogP contribution in [0.5, 0.6) is 0 Å². The molecule has 4 heteroatoms. The number of nitrogens with two attached hydrogens (primary N) is 1. The van der Waals surface area contributed by atoms with Gasteiger partial charge >= 0.3 is 0 Å².